The minimum atomic E-state index is -2.21. The molecule has 1 aliphatic heterocycles. The van der Waals surface area contributed by atoms with Crippen molar-refractivity contribution in [2.24, 2.45) is 34.0 Å². The molecule has 0 radical (unpaired) electrons. The van der Waals surface area contributed by atoms with Gasteiger partial charge in [-0.05, 0) is 84.9 Å². The fraction of sp³-hybridized carbons (Fsp3) is 0.500. The average Bonchev–Trinajstić information content (AvgIpc) is 3.67. The molecular weight excluding hydrogens is 713 g/mol. The van der Waals surface area contributed by atoms with Crippen LogP contribution < -0.4 is 0 Å². The number of nitrogens with one attached hydrogen (secondary N) is 1. The maximum Gasteiger partial charge on any atom is 0.303 e. The molecule has 0 amide bonds. The molecule has 1 saturated heterocycles. The predicted octanol–water partition coefficient (Wildman–Crippen LogP) is 8.45. The lowest BCUT2D eigenvalue weighted by atomic mass is 9.43. The van der Waals surface area contributed by atoms with Crippen LogP contribution in [0.25, 0.3) is 10.9 Å². The van der Waals surface area contributed by atoms with E-state index in [1.54, 1.807) is 13.0 Å². The maximum absolute atomic E-state index is 17.7. The third kappa shape index (κ3) is 6.97. The van der Waals surface area contributed by atoms with E-state index in [4.69, 9.17) is 15.1 Å². The maximum atomic E-state index is 17.7. The highest BCUT2D eigenvalue weighted by Crippen LogP contribution is 2.74. The summed E-state index contributed by atoms with van der Waals surface area (Å²) < 4.78 is 38.9. The molecule has 5 aliphatic carbocycles. The number of alkyl halides is 2. The molecule has 0 bridgehead atoms. The van der Waals surface area contributed by atoms with Gasteiger partial charge in [-0.1, -0.05) is 89.8 Å². The minimum Gasteiger partial charge on any atom is -0.458 e. The number of carbonyl (C=O) groups is 3. The van der Waals surface area contributed by atoms with Gasteiger partial charge in [-0.2, -0.15) is 0 Å². The summed E-state index contributed by atoms with van der Waals surface area (Å²) in [6.07, 6.45) is 8.42. The van der Waals surface area contributed by atoms with Crippen molar-refractivity contribution >= 4 is 34.2 Å². The van der Waals surface area contributed by atoms with Gasteiger partial charge in [0.2, 0.25) is 0 Å². The zero-order chi connectivity index (χ0) is 41.2. The predicted molar refractivity (Wildman–Crippen MR) is 216 cm³/mol. The van der Waals surface area contributed by atoms with Gasteiger partial charge in [-0.3, -0.25) is 24.3 Å². The number of carbonyl (C=O) groups excluding carboxylic acids is 3. The fourth-order valence-corrected chi connectivity index (χ4v) is 10.7. The molecule has 10 heteroatoms. The highest BCUT2D eigenvalue weighted by atomic mass is 19.1. The fourth-order valence-electron chi connectivity index (χ4n) is 10.7. The first-order valence-corrected chi connectivity index (χ1v) is 20.0. The number of fused-ring (bicyclic) bond motifs is 8. The Hall–Kier alpha value is -4.41. The van der Waals surface area contributed by atoms with Crippen molar-refractivity contribution in [1.82, 2.24) is 9.88 Å². The standard InChI is InChI=1S/C35H38F2N2O5.C7H7N.2C2H6/c1-20(40)44-18-31(43)34-19-39(17-23-9-8-21-6-4-5-7-29(21)38-23)16-22(34)12-25-26-14-28(36)27-13-24(41)10-11-32(27,2)35(26,37)30(42)15-33(25,34)3;1-6-4-2-3-5-7(6)8;2*1-2/h4-11,13,22,25-26,28,30,42H,12,14-19H2,1-3H3;2-5,8H,1H2;2*1-2H3/t22-,25-,26-,28-,30-,32-,33-,34+,35-;;;/m0.../s1. The topological polar surface area (TPSA) is 121 Å². The molecular formula is C46H57F2N3O5. The second-order valence-corrected chi connectivity index (χ2v) is 15.8. The van der Waals surface area contributed by atoms with Crippen molar-refractivity contribution in [2.45, 2.75) is 92.2 Å². The summed E-state index contributed by atoms with van der Waals surface area (Å²) in [5, 5.41) is 20.0. The zero-order valence-electron chi connectivity index (χ0n) is 33.8. The van der Waals surface area contributed by atoms with Crippen LogP contribution in [0.1, 0.15) is 73.4 Å². The number of para-hydroxylation sites is 1. The van der Waals surface area contributed by atoms with Gasteiger partial charge in [-0.25, -0.2) is 8.78 Å². The van der Waals surface area contributed by atoms with Crippen LogP contribution in [-0.2, 0) is 25.7 Å². The molecule has 1 aromatic heterocycles. The number of ether oxygens (including phenoxy) is 1. The molecule has 8 rings (SSSR count). The number of pyridine rings is 1. The van der Waals surface area contributed by atoms with Crippen LogP contribution in [0.5, 0.6) is 0 Å². The molecule has 2 aromatic rings. The Bertz CT molecular complexity index is 1980. The van der Waals surface area contributed by atoms with E-state index in [1.165, 1.54) is 25.2 Å². The van der Waals surface area contributed by atoms with E-state index in [9.17, 15) is 19.5 Å². The summed E-state index contributed by atoms with van der Waals surface area (Å²) in [6, 6.07) is 11.9. The quantitative estimate of drug-likeness (QED) is 0.293. The van der Waals surface area contributed by atoms with Crippen LogP contribution in [-0.4, -0.2) is 75.9 Å². The monoisotopic (exact) mass is 769 g/mol. The molecule has 6 aliphatic rings. The Morgan fingerprint density at radius 2 is 1.73 bits per heavy atom. The smallest absolute Gasteiger partial charge is 0.303 e. The number of Topliss-reactive ketones (excluding diaryl/α,β-unsaturated/α-hetero) is 1. The molecule has 9 atom stereocenters. The van der Waals surface area contributed by atoms with Crippen molar-refractivity contribution in [3.05, 3.63) is 102 Å². The van der Waals surface area contributed by atoms with Gasteiger partial charge < -0.3 is 15.3 Å². The van der Waals surface area contributed by atoms with Crippen LogP contribution in [0.3, 0.4) is 0 Å². The number of aliphatic hydroxyl groups excluding tert-OH is 1. The van der Waals surface area contributed by atoms with Crippen LogP contribution in [0.15, 0.2) is 96.7 Å². The molecule has 8 nitrogen and oxygen atoms in total. The summed E-state index contributed by atoms with van der Waals surface area (Å²) in [7, 11) is 0. The minimum absolute atomic E-state index is 0.00332. The van der Waals surface area contributed by atoms with Gasteiger partial charge in [-0.15, -0.1) is 0 Å². The molecule has 0 unspecified atom stereocenters. The van der Waals surface area contributed by atoms with Crippen molar-refractivity contribution in [3.8, 4) is 0 Å². The van der Waals surface area contributed by atoms with E-state index in [2.05, 4.69) is 11.5 Å². The summed E-state index contributed by atoms with van der Waals surface area (Å²) in [5.74, 6) is -2.66. The van der Waals surface area contributed by atoms with Crippen LogP contribution in [0.2, 0.25) is 0 Å². The van der Waals surface area contributed by atoms with Crippen molar-refractivity contribution in [3.63, 3.8) is 0 Å². The van der Waals surface area contributed by atoms with Gasteiger partial charge >= 0.3 is 5.97 Å². The SMILES string of the molecule is C=C1C=CC=CC1=N.CC.CC.CC(=O)OCC(=O)[C@@]12CN(Cc3ccc4ccccc4n3)C[C@@H]1C[C@H]1[C@@H]3C[C@H](F)C4=CC(=O)C=C[C@]4(C)[C@@]3(F)[C@@H](O)C[C@@]12C. The van der Waals surface area contributed by atoms with E-state index in [-0.39, 0.29) is 35.9 Å². The molecule has 3 saturated carbocycles. The molecule has 0 spiro atoms. The summed E-state index contributed by atoms with van der Waals surface area (Å²) in [4.78, 5) is 45.3. The van der Waals surface area contributed by atoms with Crippen LogP contribution >= 0.6 is 0 Å². The van der Waals surface area contributed by atoms with Crippen molar-refractivity contribution in [1.29, 1.82) is 5.41 Å². The normalized spacial score (nSPS) is 34.9. The van der Waals surface area contributed by atoms with Gasteiger partial charge in [0.15, 0.2) is 23.8 Å². The second-order valence-electron chi connectivity index (χ2n) is 15.8. The first-order valence-electron chi connectivity index (χ1n) is 20.0. The summed E-state index contributed by atoms with van der Waals surface area (Å²) in [6.45, 7) is 17.4. The van der Waals surface area contributed by atoms with E-state index in [1.807, 2.05) is 89.2 Å². The summed E-state index contributed by atoms with van der Waals surface area (Å²) >= 11 is 0. The molecule has 300 valence electrons. The third-order valence-electron chi connectivity index (χ3n) is 13.2. The number of esters is 1. The van der Waals surface area contributed by atoms with E-state index in [0.717, 1.165) is 22.2 Å². The lowest BCUT2D eigenvalue weighted by molar-refractivity contribution is -0.212. The molecule has 1 aromatic carbocycles. The largest absolute Gasteiger partial charge is 0.458 e. The number of hydrogen-bond acceptors (Lipinski definition) is 8. The molecule has 56 heavy (non-hydrogen) atoms. The van der Waals surface area contributed by atoms with Crippen molar-refractivity contribution in [2.75, 3.05) is 19.7 Å². The Morgan fingerprint density at radius 1 is 1.04 bits per heavy atom. The molecule has 2 heterocycles. The number of nitrogens with zero attached hydrogens (tertiary/aromatic N) is 2. The second kappa shape index (κ2) is 16.6. The highest BCUT2D eigenvalue weighted by Gasteiger charge is 2.78. The molecule has 4 fully saturated rings. The van der Waals surface area contributed by atoms with Gasteiger partial charge in [0.1, 0.15) is 6.17 Å². The number of allylic oxidation sites excluding steroid dienone is 9. The first-order chi connectivity index (χ1) is 26.6. The third-order valence-corrected chi connectivity index (χ3v) is 13.2. The Labute approximate surface area is 330 Å². The Kier molecular flexibility index (Phi) is 12.7. The lowest BCUT2D eigenvalue weighted by Crippen LogP contribution is -2.69. The number of halogens is 2. The lowest BCUT2D eigenvalue weighted by Gasteiger charge is -2.63. The van der Waals surface area contributed by atoms with Crippen LogP contribution in [0, 0.1) is 39.4 Å². The number of aromatic nitrogens is 1. The van der Waals surface area contributed by atoms with Crippen LogP contribution in [0.4, 0.5) is 8.78 Å². The number of rotatable bonds is 5. The van der Waals surface area contributed by atoms with E-state index in [0.29, 0.717) is 31.8 Å². The number of ketones is 2. The highest BCUT2D eigenvalue weighted by molar-refractivity contribution is 6.08. The van der Waals surface area contributed by atoms with Gasteiger partial charge in [0.05, 0.1) is 28.4 Å². The summed E-state index contributed by atoms with van der Waals surface area (Å²) in [5.41, 5.74) is -2.50. The van der Waals surface area contributed by atoms with Crippen molar-refractivity contribution < 1.29 is 33.0 Å². The van der Waals surface area contributed by atoms with E-state index >= 15 is 8.78 Å². The van der Waals surface area contributed by atoms with E-state index < -0.39 is 58.6 Å². The number of aliphatic hydroxyl groups is 1. The van der Waals surface area contributed by atoms with Gasteiger partial charge in [0, 0.05) is 43.3 Å². The molecule has 2 N–H and O–H groups in total. The number of hydrogen-bond donors (Lipinski definition) is 2. The Morgan fingerprint density at radius 3 is 2.39 bits per heavy atom. The number of benzene rings is 1. The Balaban J connectivity index is 0.000000437. The zero-order valence-corrected chi connectivity index (χ0v) is 33.8. The number of likely N-dealkylation sites (tertiary alicyclic amines) is 1. The average molecular weight is 770 g/mol. The van der Waals surface area contributed by atoms with Gasteiger partial charge in [0.25, 0.3) is 0 Å². The first kappa shape index (κ1) is 42.7.